The number of carbonyl (C=O) groups excluding carboxylic acids is 1. The van der Waals surface area contributed by atoms with Gasteiger partial charge in [-0.25, -0.2) is 12.7 Å². The highest BCUT2D eigenvalue weighted by Gasteiger charge is 2.25. The predicted octanol–water partition coefficient (Wildman–Crippen LogP) is -0.313. The second kappa shape index (κ2) is 5.41. The lowest BCUT2D eigenvalue weighted by atomic mass is 10.4. The minimum absolute atomic E-state index is 0.232. The number of sulfonamides is 1. The fraction of sp³-hybridized carbons (Fsp3) is 0.400. The molecule has 0 aliphatic heterocycles. The van der Waals surface area contributed by atoms with Crippen LogP contribution in [0.3, 0.4) is 0 Å². The summed E-state index contributed by atoms with van der Waals surface area (Å²) in [5.41, 5.74) is 0. The Morgan fingerprint density at radius 3 is 2.32 bits per heavy atom. The van der Waals surface area contributed by atoms with Crippen molar-refractivity contribution in [3.8, 4) is 0 Å². The molecule has 0 saturated carbocycles. The maximum absolute atomic E-state index is 11.8. The molecule has 0 fully saturated rings. The summed E-state index contributed by atoms with van der Waals surface area (Å²) in [5.74, 6) is -2.12. The van der Waals surface area contributed by atoms with Crippen LogP contribution in [0, 0.1) is 0 Å². The molecule has 0 saturated heterocycles. The number of carboxylic acid groups (broad SMARTS) is 1. The Hall–Kier alpha value is -1.87. The average molecular weight is 290 g/mol. The fourth-order valence-corrected chi connectivity index (χ4v) is 2.01. The summed E-state index contributed by atoms with van der Waals surface area (Å²) in [6.07, 6.45) is 0. The van der Waals surface area contributed by atoms with Gasteiger partial charge in [0.25, 0.3) is 15.9 Å². The van der Waals surface area contributed by atoms with E-state index in [9.17, 15) is 18.0 Å². The molecule has 8 nitrogen and oxygen atoms in total. The monoisotopic (exact) mass is 290 g/mol. The van der Waals surface area contributed by atoms with Crippen LogP contribution in [0.15, 0.2) is 21.6 Å². The van der Waals surface area contributed by atoms with E-state index in [2.05, 4.69) is 0 Å². The predicted molar refractivity (Wildman–Crippen MR) is 64.2 cm³/mol. The Morgan fingerprint density at radius 2 is 1.84 bits per heavy atom. The summed E-state index contributed by atoms with van der Waals surface area (Å²) < 4.78 is 29.4. The highest BCUT2D eigenvalue weighted by molar-refractivity contribution is 7.88. The van der Waals surface area contributed by atoms with Gasteiger partial charge in [0.05, 0.1) is 0 Å². The van der Waals surface area contributed by atoms with Gasteiger partial charge in [-0.2, -0.15) is 0 Å². The molecule has 1 amide bonds. The summed E-state index contributed by atoms with van der Waals surface area (Å²) in [6, 6.07) is 2.34. The van der Waals surface area contributed by atoms with E-state index < -0.39 is 28.4 Å². The standard InChI is InChI=1S/C10H14N2O6S/c1-11(2)19(16,17)9-5-4-7(18-9)10(15)12(3)6-8(13)14/h4-5H,6H2,1-3H3,(H,13,14). The molecule has 0 unspecified atom stereocenters. The third-order valence-corrected chi connectivity index (χ3v) is 3.94. The zero-order valence-electron chi connectivity index (χ0n) is 10.7. The summed E-state index contributed by atoms with van der Waals surface area (Å²) in [6.45, 7) is -0.505. The number of carbonyl (C=O) groups is 2. The molecule has 0 aliphatic carbocycles. The SMILES string of the molecule is CN(CC(=O)O)C(=O)c1ccc(S(=O)(=O)N(C)C)o1. The van der Waals surface area contributed by atoms with Crippen LogP contribution in [0.5, 0.6) is 0 Å². The molecule has 0 radical (unpaired) electrons. The molecule has 0 aromatic carbocycles. The first kappa shape index (κ1) is 15.2. The van der Waals surface area contributed by atoms with Crippen LogP contribution in [0.25, 0.3) is 0 Å². The van der Waals surface area contributed by atoms with E-state index in [1.807, 2.05) is 0 Å². The van der Waals surface area contributed by atoms with E-state index in [0.717, 1.165) is 15.3 Å². The Kier molecular flexibility index (Phi) is 4.32. The molecule has 1 aromatic heterocycles. The topological polar surface area (TPSA) is 108 Å². The van der Waals surface area contributed by atoms with Crippen molar-refractivity contribution in [1.82, 2.24) is 9.21 Å². The van der Waals surface area contributed by atoms with Gasteiger partial charge in [-0.1, -0.05) is 0 Å². The maximum Gasteiger partial charge on any atom is 0.323 e. The second-order valence-electron chi connectivity index (χ2n) is 3.96. The first-order chi connectivity index (χ1) is 8.66. The van der Waals surface area contributed by atoms with Gasteiger partial charge in [-0.3, -0.25) is 9.59 Å². The molecule has 0 bridgehead atoms. The quantitative estimate of drug-likeness (QED) is 0.796. The lowest BCUT2D eigenvalue weighted by Gasteiger charge is -2.12. The molecular formula is C10H14N2O6S. The number of likely N-dealkylation sites (N-methyl/N-ethyl adjacent to an activating group) is 1. The van der Waals surface area contributed by atoms with Crippen LogP contribution in [-0.4, -0.2) is 62.3 Å². The normalized spacial score (nSPS) is 11.6. The molecular weight excluding hydrogens is 276 g/mol. The molecule has 1 N–H and O–H groups in total. The van der Waals surface area contributed by atoms with Crippen LogP contribution < -0.4 is 0 Å². The smallest absolute Gasteiger partial charge is 0.323 e. The zero-order valence-corrected chi connectivity index (χ0v) is 11.5. The maximum atomic E-state index is 11.8. The van der Waals surface area contributed by atoms with Gasteiger partial charge >= 0.3 is 5.97 Å². The lowest BCUT2D eigenvalue weighted by molar-refractivity contribution is -0.137. The molecule has 9 heteroatoms. The van der Waals surface area contributed by atoms with Crippen molar-refractivity contribution in [2.24, 2.45) is 0 Å². The van der Waals surface area contributed by atoms with Crippen molar-refractivity contribution in [3.63, 3.8) is 0 Å². The summed E-state index contributed by atoms with van der Waals surface area (Å²) in [4.78, 5) is 23.1. The number of amides is 1. The third-order valence-electron chi connectivity index (χ3n) is 2.25. The number of hydrogen-bond acceptors (Lipinski definition) is 5. The van der Waals surface area contributed by atoms with Crippen molar-refractivity contribution >= 4 is 21.9 Å². The Labute approximate surface area is 110 Å². The van der Waals surface area contributed by atoms with Crippen molar-refractivity contribution in [2.75, 3.05) is 27.7 Å². The van der Waals surface area contributed by atoms with Gasteiger partial charge in [0, 0.05) is 21.1 Å². The van der Waals surface area contributed by atoms with E-state index >= 15 is 0 Å². The largest absolute Gasteiger partial charge is 0.480 e. The van der Waals surface area contributed by atoms with Crippen LogP contribution in [0.2, 0.25) is 0 Å². The Bertz CT molecular complexity index is 589. The van der Waals surface area contributed by atoms with Crippen molar-refractivity contribution in [3.05, 3.63) is 17.9 Å². The van der Waals surface area contributed by atoms with Gasteiger partial charge in [0.15, 0.2) is 5.76 Å². The molecule has 1 heterocycles. The first-order valence-electron chi connectivity index (χ1n) is 5.16. The number of aliphatic carboxylic acids is 1. The molecule has 0 aliphatic rings. The number of carboxylic acids is 1. The number of nitrogens with zero attached hydrogens (tertiary/aromatic N) is 2. The molecule has 1 rings (SSSR count). The van der Waals surface area contributed by atoms with E-state index in [4.69, 9.17) is 9.52 Å². The van der Waals surface area contributed by atoms with E-state index in [1.165, 1.54) is 27.2 Å². The van der Waals surface area contributed by atoms with Gasteiger partial charge in [0.1, 0.15) is 6.54 Å². The van der Waals surface area contributed by atoms with Crippen LogP contribution in [0.1, 0.15) is 10.6 Å². The number of furan rings is 1. The van der Waals surface area contributed by atoms with Crippen LogP contribution in [0.4, 0.5) is 0 Å². The highest BCUT2D eigenvalue weighted by Crippen LogP contribution is 2.17. The van der Waals surface area contributed by atoms with Gasteiger partial charge in [-0.05, 0) is 12.1 Å². The van der Waals surface area contributed by atoms with Gasteiger partial charge in [-0.15, -0.1) is 0 Å². The van der Waals surface area contributed by atoms with Crippen molar-refractivity contribution < 1.29 is 27.5 Å². The molecule has 0 spiro atoms. The summed E-state index contributed by atoms with van der Waals surface area (Å²) in [7, 11) is 0.177. The minimum atomic E-state index is -3.76. The van der Waals surface area contributed by atoms with Crippen molar-refractivity contribution in [1.29, 1.82) is 0 Å². The van der Waals surface area contributed by atoms with E-state index in [1.54, 1.807) is 0 Å². The van der Waals surface area contributed by atoms with E-state index in [-0.39, 0.29) is 10.9 Å². The van der Waals surface area contributed by atoms with Crippen LogP contribution >= 0.6 is 0 Å². The van der Waals surface area contributed by atoms with Gasteiger partial charge in [0.2, 0.25) is 5.09 Å². The molecule has 19 heavy (non-hydrogen) atoms. The molecule has 106 valence electrons. The lowest BCUT2D eigenvalue weighted by Crippen LogP contribution is -2.31. The first-order valence-corrected chi connectivity index (χ1v) is 6.60. The zero-order chi connectivity index (χ0) is 14.8. The summed E-state index contributed by atoms with van der Waals surface area (Å²) >= 11 is 0. The van der Waals surface area contributed by atoms with Crippen LogP contribution in [-0.2, 0) is 14.8 Å². The minimum Gasteiger partial charge on any atom is -0.480 e. The van der Waals surface area contributed by atoms with Gasteiger partial charge < -0.3 is 14.4 Å². The second-order valence-corrected chi connectivity index (χ2v) is 6.04. The third kappa shape index (κ3) is 3.32. The average Bonchev–Trinajstić information content (AvgIpc) is 2.76. The number of hydrogen-bond donors (Lipinski definition) is 1. The molecule has 0 atom stereocenters. The van der Waals surface area contributed by atoms with E-state index in [0.29, 0.717) is 0 Å². The highest BCUT2D eigenvalue weighted by atomic mass is 32.2. The Balaban J connectivity index is 2.98. The fourth-order valence-electron chi connectivity index (χ4n) is 1.22. The number of rotatable bonds is 5. The summed E-state index contributed by atoms with van der Waals surface area (Å²) in [5, 5.41) is 8.19. The van der Waals surface area contributed by atoms with Crippen molar-refractivity contribution in [2.45, 2.75) is 5.09 Å². The Morgan fingerprint density at radius 1 is 1.26 bits per heavy atom. The molecule has 1 aromatic rings.